The van der Waals surface area contributed by atoms with Gasteiger partial charge in [-0.2, -0.15) is 0 Å². The number of rotatable bonds is 6. The predicted octanol–water partition coefficient (Wildman–Crippen LogP) is 2.87. The molecule has 4 nitrogen and oxygen atoms in total. The number of likely N-dealkylation sites (N-methyl/N-ethyl adjacent to an activating group) is 1. The van der Waals surface area contributed by atoms with E-state index in [0.29, 0.717) is 0 Å². The number of hydrogen-bond acceptors (Lipinski definition) is 2. The number of aryl methyl sites for hydroxylation is 1. The fraction of sp³-hybridized carbons (Fsp3) is 0.588. The summed E-state index contributed by atoms with van der Waals surface area (Å²) in [4.78, 5) is 6.50. The molecule has 0 unspecified atom stereocenters. The Balaban J connectivity index is 0.00000441. The summed E-state index contributed by atoms with van der Waals surface area (Å²) in [5.74, 6) is 0.843. The Bertz CT molecular complexity index is 469. The zero-order chi connectivity index (χ0) is 15.9. The van der Waals surface area contributed by atoms with Gasteiger partial charge in [0.1, 0.15) is 0 Å². The van der Waals surface area contributed by atoms with Crippen LogP contribution < -0.4 is 10.6 Å². The predicted molar refractivity (Wildman–Crippen MR) is 107 cm³/mol. The van der Waals surface area contributed by atoms with Gasteiger partial charge in [0.2, 0.25) is 0 Å². The molecule has 22 heavy (non-hydrogen) atoms. The van der Waals surface area contributed by atoms with E-state index < -0.39 is 0 Å². The van der Waals surface area contributed by atoms with Crippen molar-refractivity contribution in [3.05, 3.63) is 35.4 Å². The quantitative estimate of drug-likeness (QED) is 0.424. The second kappa shape index (κ2) is 10.0. The van der Waals surface area contributed by atoms with Crippen LogP contribution in [0.5, 0.6) is 0 Å². The molecule has 0 aliphatic heterocycles. The van der Waals surface area contributed by atoms with Crippen LogP contribution in [-0.2, 0) is 13.0 Å². The molecule has 5 heteroatoms. The molecule has 0 radical (unpaired) electrons. The van der Waals surface area contributed by atoms with Crippen LogP contribution in [0.4, 0.5) is 0 Å². The van der Waals surface area contributed by atoms with E-state index in [9.17, 15) is 0 Å². The first-order valence-corrected chi connectivity index (χ1v) is 7.59. The second-order valence-electron chi connectivity index (χ2n) is 6.11. The maximum atomic E-state index is 4.30. The number of nitrogens with one attached hydrogen (secondary N) is 2. The highest BCUT2D eigenvalue weighted by Crippen LogP contribution is 2.09. The Kier molecular flexibility index (Phi) is 9.67. The van der Waals surface area contributed by atoms with Crippen molar-refractivity contribution in [2.45, 2.75) is 39.3 Å². The van der Waals surface area contributed by atoms with Crippen LogP contribution in [0.25, 0.3) is 0 Å². The van der Waals surface area contributed by atoms with Crippen molar-refractivity contribution >= 4 is 29.9 Å². The van der Waals surface area contributed by atoms with E-state index in [1.165, 1.54) is 11.1 Å². The first-order chi connectivity index (χ1) is 9.90. The Morgan fingerprint density at radius 3 is 2.23 bits per heavy atom. The monoisotopic (exact) mass is 418 g/mol. The number of aliphatic imine (C=N–C) groups is 1. The van der Waals surface area contributed by atoms with Gasteiger partial charge in [-0.15, -0.1) is 24.0 Å². The van der Waals surface area contributed by atoms with E-state index >= 15 is 0 Å². The van der Waals surface area contributed by atoms with E-state index in [4.69, 9.17) is 0 Å². The Morgan fingerprint density at radius 2 is 1.73 bits per heavy atom. The van der Waals surface area contributed by atoms with Crippen molar-refractivity contribution in [2.24, 2.45) is 4.99 Å². The van der Waals surface area contributed by atoms with E-state index in [0.717, 1.165) is 25.5 Å². The van der Waals surface area contributed by atoms with E-state index in [1.807, 2.05) is 7.05 Å². The summed E-state index contributed by atoms with van der Waals surface area (Å²) in [6.07, 6.45) is 1.05. The molecule has 0 heterocycles. The highest BCUT2D eigenvalue weighted by molar-refractivity contribution is 14.0. The molecule has 126 valence electrons. The first kappa shape index (κ1) is 21.2. The van der Waals surface area contributed by atoms with Gasteiger partial charge < -0.3 is 15.5 Å². The third-order valence-corrected chi connectivity index (χ3v) is 4.07. The molecule has 0 amide bonds. The van der Waals surface area contributed by atoms with Gasteiger partial charge in [-0.05, 0) is 45.5 Å². The van der Waals surface area contributed by atoms with Gasteiger partial charge in [-0.25, -0.2) is 0 Å². The fourth-order valence-corrected chi connectivity index (χ4v) is 1.93. The van der Waals surface area contributed by atoms with Crippen LogP contribution in [0.2, 0.25) is 0 Å². The molecule has 0 saturated heterocycles. The minimum Gasteiger partial charge on any atom is -0.355 e. The summed E-state index contributed by atoms with van der Waals surface area (Å²) >= 11 is 0. The molecule has 0 bridgehead atoms. The fourth-order valence-electron chi connectivity index (χ4n) is 1.93. The molecular weight excluding hydrogens is 387 g/mol. The standard InChI is InChI=1S/C17H30N4.HI/c1-7-14-10-8-9-11-15(14)12-19-16(18-4)20-13-17(2,3)21(5)6;/h8-11H,7,12-13H2,1-6H3,(H2,18,19,20);1H. The van der Waals surface area contributed by atoms with E-state index in [-0.39, 0.29) is 29.5 Å². The largest absolute Gasteiger partial charge is 0.355 e. The third kappa shape index (κ3) is 6.52. The van der Waals surface area contributed by atoms with E-state index in [2.05, 4.69) is 79.7 Å². The summed E-state index contributed by atoms with van der Waals surface area (Å²) in [6, 6.07) is 8.53. The molecule has 2 N–H and O–H groups in total. The number of benzene rings is 1. The molecule has 0 aliphatic rings. The smallest absolute Gasteiger partial charge is 0.191 e. The number of hydrogen-bond donors (Lipinski definition) is 2. The van der Waals surface area contributed by atoms with E-state index in [1.54, 1.807) is 0 Å². The summed E-state index contributed by atoms with van der Waals surface area (Å²) in [6.45, 7) is 8.24. The normalized spacial score (nSPS) is 12.0. The van der Waals surface area contributed by atoms with Gasteiger partial charge in [0.15, 0.2) is 5.96 Å². The molecule has 0 atom stereocenters. The summed E-state index contributed by atoms with van der Waals surface area (Å²) in [5, 5.41) is 6.79. The summed E-state index contributed by atoms with van der Waals surface area (Å²) in [5.41, 5.74) is 2.79. The average Bonchev–Trinajstić information content (AvgIpc) is 2.47. The lowest BCUT2D eigenvalue weighted by atomic mass is 10.0. The van der Waals surface area contributed by atoms with Gasteiger partial charge in [0.05, 0.1) is 0 Å². The van der Waals surface area contributed by atoms with Crippen molar-refractivity contribution in [2.75, 3.05) is 27.7 Å². The molecule has 1 rings (SSSR count). The number of guanidine groups is 1. The van der Waals surface area contributed by atoms with Crippen LogP contribution in [0.15, 0.2) is 29.3 Å². The highest BCUT2D eigenvalue weighted by Gasteiger charge is 2.20. The van der Waals surface area contributed by atoms with Crippen molar-refractivity contribution in [3.8, 4) is 0 Å². The first-order valence-electron chi connectivity index (χ1n) is 7.59. The molecule has 0 aromatic heterocycles. The summed E-state index contributed by atoms with van der Waals surface area (Å²) < 4.78 is 0. The Labute approximate surface area is 152 Å². The highest BCUT2D eigenvalue weighted by atomic mass is 127. The Morgan fingerprint density at radius 1 is 1.14 bits per heavy atom. The van der Waals surface area contributed by atoms with Crippen LogP contribution in [-0.4, -0.2) is 44.1 Å². The second-order valence-corrected chi connectivity index (χ2v) is 6.11. The van der Waals surface area contributed by atoms with Crippen molar-refractivity contribution in [3.63, 3.8) is 0 Å². The molecule has 0 saturated carbocycles. The number of nitrogens with zero attached hydrogens (tertiary/aromatic N) is 2. The van der Waals surface area contributed by atoms with Gasteiger partial charge >= 0.3 is 0 Å². The minimum atomic E-state index is 0. The van der Waals surface area contributed by atoms with Crippen LogP contribution in [0, 0.1) is 0 Å². The van der Waals surface area contributed by atoms with Gasteiger partial charge in [0.25, 0.3) is 0 Å². The Hall–Kier alpha value is -0.820. The molecule has 0 spiro atoms. The lowest BCUT2D eigenvalue weighted by Gasteiger charge is -2.33. The molecule has 0 aliphatic carbocycles. The van der Waals surface area contributed by atoms with Gasteiger partial charge in [-0.1, -0.05) is 31.2 Å². The maximum Gasteiger partial charge on any atom is 0.191 e. The topological polar surface area (TPSA) is 39.7 Å². The SMILES string of the molecule is CCc1ccccc1CNC(=NC)NCC(C)(C)N(C)C.I. The molecule has 1 aromatic rings. The summed E-state index contributed by atoms with van der Waals surface area (Å²) in [7, 11) is 5.99. The molecule has 0 fully saturated rings. The van der Waals surface area contributed by atoms with Crippen molar-refractivity contribution in [1.29, 1.82) is 0 Å². The van der Waals surface area contributed by atoms with Crippen LogP contribution >= 0.6 is 24.0 Å². The zero-order valence-electron chi connectivity index (χ0n) is 14.7. The lowest BCUT2D eigenvalue weighted by molar-refractivity contribution is 0.197. The maximum absolute atomic E-state index is 4.30. The van der Waals surface area contributed by atoms with Crippen LogP contribution in [0.3, 0.4) is 0 Å². The third-order valence-electron chi connectivity index (χ3n) is 4.07. The minimum absolute atomic E-state index is 0. The van der Waals surface area contributed by atoms with Crippen molar-refractivity contribution < 1.29 is 0 Å². The zero-order valence-corrected chi connectivity index (χ0v) is 17.1. The number of halogens is 1. The average molecular weight is 418 g/mol. The van der Waals surface area contributed by atoms with Crippen molar-refractivity contribution in [1.82, 2.24) is 15.5 Å². The van der Waals surface area contributed by atoms with Gasteiger partial charge in [0, 0.05) is 25.7 Å². The van der Waals surface area contributed by atoms with Gasteiger partial charge in [-0.3, -0.25) is 4.99 Å². The van der Waals surface area contributed by atoms with Crippen LogP contribution in [0.1, 0.15) is 31.9 Å². The molecular formula is C17H31IN4. The lowest BCUT2D eigenvalue weighted by Crippen LogP contribution is -2.50. The molecule has 1 aromatic carbocycles.